The van der Waals surface area contributed by atoms with Crippen molar-refractivity contribution < 1.29 is 23.4 Å². The number of alkyl halides is 2. The monoisotopic (exact) mass is 325 g/mol. The van der Waals surface area contributed by atoms with Crippen molar-refractivity contribution in [2.45, 2.75) is 43.8 Å². The van der Waals surface area contributed by atoms with E-state index in [2.05, 4.69) is 0 Å². The summed E-state index contributed by atoms with van der Waals surface area (Å²) in [7, 11) is 1.56. The van der Waals surface area contributed by atoms with Crippen molar-refractivity contribution in [3.05, 3.63) is 29.8 Å². The van der Waals surface area contributed by atoms with Crippen LogP contribution < -0.4 is 4.74 Å². The largest absolute Gasteiger partial charge is 0.497 e. The van der Waals surface area contributed by atoms with E-state index in [-0.39, 0.29) is 37.8 Å². The zero-order valence-electron chi connectivity index (χ0n) is 13.0. The molecule has 6 heteroatoms. The highest BCUT2D eigenvalue weighted by molar-refractivity contribution is 5.80. The number of hydrogen-bond donors (Lipinski definition) is 1. The van der Waals surface area contributed by atoms with Crippen LogP contribution in [0.25, 0.3) is 0 Å². The van der Waals surface area contributed by atoms with Gasteiger partial charge in [0.05, 0.1) is 19.3 Å². The summed E-state index contributed by atoms with van der Waals surface area (Å²) in [6, 6.07) is 7.03. The van der Waals surface area contributed by atoms with Gasteiger partial charge in [-0.25, -0.2) is 8.78 Å². The van der Waals surface area contributed by atoms with Gasteiger partial charge in [-0.3, -0.25) is 4.79 Å². The maximum Gasteiger partial charge on any atom is 0.248 e. The summed E-state index contributed by atoms with van der Waals surface area (Å²) in [5.41, 5.74) is 0.860. The molecule has 3 atom stereocenters. The van der Waals surface area contributed by atoms with E-state index in [1.165, 1.54) is 0 Å². The van der Waals surface area contributed by atoms with Crippen LogP contribution in [0.5, 0.6) is 5.75 Å². The number of benzene rings is 1. The molecule has 1 N–H and O–H groups in total. The highest BCUT2D eigenvalue weighted by Gasteiger charge is 2.46. The molecule has 4 nitrogen and oxygen atoms in total. The van der Waals surface area contributed by atoms with E-state index < -0.39 is 17.9 Å². The minimum atomic E-state index is -2.75. The second-order valence-corrected chi connectivity index (χ2v) is 6.47. The fraction of sp³-hybridized carbons (Fsp3) is 0.588. The molecule has 1 aliphatic heterocycles. The molecule has 1 aromatic carbocycles. The van der Waals surface area contributed by atoms with Gasteiger partial charge in [0.15, 0.2) is 0 Å². The van der Waals surface area contributed by atoms with Crippen LogP contribution in [0.15, 0.2) is 24.3 Å². The smallest absolute Gasteiger partial charge is 0.248 e. The molecule has 1 aliphatic carbocycles. The highest BCUT2D eigenvalue weighted by atomic mass is 19.3. The minimum Gasteiger partial charge on any atom is -0.497 e. The van der Waals surface area contributed by atoms with Gasteiger partial charge < -0.3 is 14.7 Å². The molecule has 0 unspecified atom stereocenters. The number of β-amino-alcohol motifs (C(OH)–C–C–N with tert-alkyl or cyclic N) is 1. The molecule has 2 aliphatic rings. The molecule has 1 amide bonds. The molecule has 3 rings (SSSR count). The lowest BCUT2D eigenvalue weighted by Gasteiger charge is -2.27. The summed E-state index contributed by atoms with van der Waals surface area (Å²) in [5, 5.41) is 9.98. The molecule has 1 aromatic rings. The molecule has 1 saturated carbocycles. The third kappa shape index (κ3) is 3.32. The maximum absolute atomic E-state index is 13.4. The minimum absolute atomic E-state index is 0.197. The first kappa shape index (κ1) is 16.2. The van der Waals surface area contributed by atoms with Crippen LogP contribution in [0.4, 0.5) is 8.78 Å². The van der Waals surface area contributed by atoms with E-state index in [0.717, 1.165) is 5.56 Å². The SMILES string of the molecule is COc1cccc([C@@H]2C[C@H](O)CN2C(=O)[C@@H]2CCC(F)(F)C2)c1. The molecule has 0 bridgehead atoms. The van der Waals surface area contributed by atoms with Crippen LogP contribution in [0.3, 0.4) is 0 Å². The Morgan fingerprint density at radius 1 is 1.43 bits per heavy atom. The van der Waals surface area contributed by atoms with Crippen molar-refractivity contribution in [3.63, 3.8) is 0 Å². The van der Waals surface area contributed by atoms with Crippen molar-refractivity contribution in [2.75, 3.05) is 13.7 Å². The van der Waals surface area contributed by atoms with E-state index in [0.29, 0.717) is 12.2 Å². The first-order chi connectivity index (χ1) is 10.9. The Labute approximate surface area is 134 Å². The van der Waals surface area contributed by atoms with Gasteiger partial charge in [-0.15, -0.1) is 0 Å². The standard InChI is InChI=1S/C17H21F2NO3/c1-23-14-4-2-3-11(7-14)15-8-13(21)10-20(15)16(22)12-5-6-17(18,19)9-12/h2-4,7,12-13,15,21H,5-6,8-10H2,1H3/t12-,13+,15+/m1/s1. The first-order valence-corrected chi connectivity index (χ1v) is 7.90. The average molecular weight is 325 g/mol. The Kier molecular flexibility index (Phi) is 4.27. The van der Waals surface area contributed by atoms with Gasteiger partial charge in [-0.2, -0.15) is 0 Å². The summed E-state index contributed by atoms with van der Waals surface area (Å²) >= 11 is 0. The fourth-order valence-corrected chi connectivity index (χ4v) is 3.62. The van der Waals surface area contributed by atoms with Crippen LogP contribution in [0.1, 0.15) is 37.3 Å². The Balaban J connectivity index is 1.81. The molecule has 23 heavy (non-hydrogen) atoms. The number of rotatable bonds is 3. The molecule has 1 heterocycles. The average Bonchev–Trinajstić information content (AvgIpc) is 3.09. The second kappa shape index (κ2) is 6.07. The fourth-order valence-electron chi connectivity index (χ4n) is 3.62. The van der Waals surface area contributed by atoms with E-state index in [9.17, 15) is 18.7 Å². The zero-order chi connectivity index (χ0) is 16.6. The number of aliphatic hydroxyl groups is 1. The number of amides is 1. The van der Waals surface area contributed by atoms with E-state index >= 15 is 0 Å². The van der Waals surface area contributed by atoms with Gasteiger partial charge in [-0.05, 0) is 30.5 Å². The first-order valence-electron chi connectivity index (χ1n) is 7.90. The number of methoxy groups -OCH3 is 1. The predicted molar refractivity (Wildman–Crippen MR) is 80.4 cm³/mol. The number of aliphatic hydroxyl groups excluding tert-OH is 1. The summed E-state index contributed by atoms with van der Waals surface area (Å²) in [4.78, 5) is 14.2. The summed E-state index contributed by atoms with van der Waals surface area (Å²) < 4.78 is 32.0. The molecule has 0 radical (unpaired) electrons. The second-order valence-electron chi connectivity index (χ2n) is 6.47. The highest BCUT2D eigenvalue weighted by Crippen LogP contribution is 2.42. The van der Waals surface area contributed by atoms with Gasteiger partial charge >= 0.3 is 0 Å². The summed E-state index contributed by atoms with van der Waals surface area (Å²) in [5.74, 6) is -3.00. The molecule has 0 spiro atoms. The normalized spacial score (nSPS) is 29.7. The number of carbonyl (C=O) groups is 1. The van der Waals surface area contributed by atoms with E-state index in [1.54, 1.807) is 18.1 Å². The molecular formula is C17H21F2NO3. The van der Waals surface area contributed by atoms with Gasteiger partial charge in [0.25, 0.3) is 0 Å². The number of ether oxygens (including phenoxy) is 1. The lowest BCUT2D eigenvalue weighted by molar-refractivity contribution is -0.137. The van der Waals surface area contributed by atoms with Crippen molar-refractivity contribution in [2.24, 2.45) is 5.92 Å². The van der Waals surface area contributed by atoms with Gasteiger partial charge in [0, 0.05) is 25.3 Å². The maximum atomic E-state index is 13.4. The topological polar surface area (TPSA) is 49.8 Å². The van der Waals surface area contributed by atoms with Crippen molar-refractivity contribution in [3.8, 4) is 5.75 Å². The molecule has 1 saturated heterocycles. The molecular weight excluding hydrogens is 304 g/mol. The van der Waals surface area contributed by atoms with Crippen LogP contribution in [0.2, 0.25) is 0 Å². The van der Waals surface area contributed by atoms with Crippen LogP contribution in [0, 0.1) is 5.92 Å². The lowest BCUT2D eigenvalue weighted by Crippen LogP contribution is -2.36. The Bertz CT molecular complexity index is 593. The Morgan fingerprint density at radius 2 is 2.22 bits per heavy atom. The van der Waals surface area contributed by atoms with Gasteiger partial charge in [-0.1, -0.05) is 12.1 Å². The number of halogens is 2. The van der Waals surface area contributed by atoms with Crippen molar-refractivity contribution >= 4 is 5.91 Å². The third-order valence-electron chi connectivity index (χ3n) is 4.79. The molecule has 0 aromatic heterocycles. The molecule has 2 fully saturated rings. The van der Waals surface area contributed by atoms with E-state index in [4.69, 9.17) is 4.74 Å². The number of likely N-dealkylation sites (tertiary alicyclic amines) is 1. The number of carbonyl (C=O) groups excluding carboxylic acids is 1. The zero-order valence-corrected chi connectivity index (χ0v) is 13.0. The Hall–Kier alpha value is -1.69. The Morgan fingerprint density at radius 3 is 2.87 bits per heavy atom. The van der Waals surface area contributed by atoms with Crippen LogP contribution in [-0.4, -0.2) is 41.6 Å². The van der Waals surface area contributed by atoms with Gasteiger partial charge in [0.1, 0.15) is 5.75 Å². The third-order valence-corrected chi connectivity index (χ3v) is 4.79. The van der Waals surface area contributed by atoms with E-state index in [1.807, 2.05) is 18.2 Å². The van der Waals surface area contributed by atoms with Crippen molar-refractivity contribution in [1.82, 2.24) is 4.90 Å². The lowest BCUT2D eigenvalue weighted by atomic mass is 10.0. The number of hydrogen-bond acceptors (Lipinski definition) is 3. The van der Waals surface area contributed by atoms with Crippen LogP contribution in [-0.2, 0) is 4.79 Å². The van der Waals surface area contributed by atoms with Crippen LogP contribution >= 0.6 is 0 Å². The number of nitrogens with zero attached hydrogens (tertiary/aromatic N) is 1. The summed E-state index contributed by atoms with van der Waals surface area (Å²) in [6.07, 6.45) is -0.616. The predicted octanol–water partition coefficient (Wildman–Crippen LogP) is 2.76. The quantitative estimate of drug-likeness (QED) is 0.930. The molecule has 126 valence electrons. The van der Waals surface area contributed by atoms with Crippen molar-refractivity contribution in [1.29, 1.82) is 0 Å². The summed E-state index contributed by atoms with van der Waals surface area (Å²) in [6.45, 7) is 0.197. The van der Waals surface area contributed by atoms with Gasteiger partial charge in [0.2, 0.25) is 11.8 Å².